The van der Waals surface area contributed by atoms with Crippen molar-refractivity contribution < 1.29 is 23.5 Å². The molecule has 7 heteroatoms. The lowest BCUT2D eigenvalue weighted by Gasteiger charge is -2.36. The van der Waals surface area contributed by atoms with E-state index in [9.17, 15) is 14.0 Å². The number of halogens is 2. The summed E-state index contributed by atoms with van der Waals surface area (Å²) in [7, 11) is 1.51. The molecule has 0 saturated carbocycles. The fourth-order valence-corrected chi connectivity index (χ4v) is 4.72. The highest BCUT2D eigenvalue weighted by molar-refractivity contribution is 6.30. The molecule has 0 saturated heterocycles. The van der Waals surface area contributed by atoms with Gasteiger partial charge < -0.3 is 14.8 Å². The van der Waals surface area contributed by atoms with Gasteiger partial charge in [-0.2, -0.15) is 0 Å². The summed E-state index contributed by atoms with van der Waals surface area (Å²) in [4.78, 5) is 26.5. The molecule has 1 N–H and O–H groups in total. The first-order valence-corrected chi connectivity index (χ1v) is 11.2. The van der Waals surface area contributed by atoms with Crippen LogP contribution in [0.2, 0.25) is 5.02 Å². The zero-order valence-corrected chi connectivity index (χ0v) is 19.2. The van der Waals surface area contributed by atoms with Crippen LogP contribution in [0.4, 0.5) is 4.39 Å². The molecule has 0 amide bonds. The lowest BCUT2D eigenvalue weighted by atomic mass is 9.71. The van der Waals surface area contributed by atoms with Gasteiger partial charge >= 0.3 is 5.97 Å². The Bertz CT molecular complexity index is 1140. The third-order valence-corrected chi connectivity index (χ3v) is 6.38. The average molecular weight is 470 g/mol. The molecule has 1 heterocycles. The zero-order valence-electron chi connectivity index (χ0n) is 18.5. The molecular weight excluding hydrogens is 445 g/mol. The van der Waals surface area contributed by atoms with Gasteiger partial charge in [0.1, 0.15) is 12.4 Å². The number of Topliss-reactive ketones (excluding diaryl/α,β-unsaturated/α-hetero) is 1. The normalized spacial score (nSPS) is 20.4. The number of methoxy groups -OCH3 is 1. The number of ether oxygens (including phenoxy) is 2. The summed E-state index contributed by atoms with van der Waals surface area (Å²) in [5, 5.41) is 3.89. The number of dihydropyridines is 1. The second-order valence-electron chi connectivity index (χ2n) is 8.22. The summed E-state index contributed by atoms with van der Waals surface area (Å²) >= 11 is 6.02. The highest BCUT2D eigenvalue weighted by atomic mass is 35.5. The molecular formula is C26H25ClFNO4. The highest BCUT2D eigenvalue weighted by Gasteiger charge is 2.42. The van der Waals surface area contributed by atoms with E-state index in [1.807, 2.05) is 12.1 Å². The smallest absolute Gasteiger partial charge is 0.336 e. The molecule has 0 radical (unpaired) electrons. The van der Waals surface area contributed by atoms with Crippen molar-refractivity contribution in [1.82, 2.24) is 5.32 Å². The predicted molar refractivity (Wildman–Crippen MR) is 123 cm³/mol. The van der Waals surface area contributed by atoms with E-state index in [4.69, 9.17) is 21.1 Å². The lowest BCUT2D eigenvalue weighted by molar-refractivity contribution is -0.140. The Morgan fingerprint density at radius 3 is 2.55 bits per heavy atom. The second-order valence-corrected chi connectivity index (χ2v) is 8.66. The van der Waals surface area contributed by atoms with Crippen molar-refractivity contribution in [2.24, 2.45) is 0 Å². The van der Waals surface area contributed by atoms with Gasteiger partial charge in [0.05, 0.1) is 18.1 Å². The van der Waals surface area contributed by atoms with Crippen LogP contribution < -0.4 is 5.32 Å². The average Bonchev–Trinajstić information content (AvgIpc) is 2.79. The number of nitrogens with one attached hydrogen (secondary N) is 1. The van der Waals surface area contributed by atoms with Gasteiger partial charge in [-0.1, -0.05) is 41.9 Å². The first kappa shape index (κ1) is 23.2. The third-order valence-electron chi connectivity index (χ3n) is 6.13. The van der Waals surface area contributed by atoms with E-state index in [-0.39, 0.29) is 42.5 Å². The predicted octanol–water partition coefficient (Wildman–Crippen LogP) is 5.03. The Balaban J connectivity index is 1.76. The monoisotopic (exact) mass is 469 g/mol. The summed E-state index contributed by atoms with van der Waals surface area (Å²) in [5.41, 5.74) is 3.22. The molecule has 2 atom stereocenters. The van der Waals surface area contributed by atoms with Crippen LogP contribution >= 0.6 is 11.6 Å². The minimum Gasteiger partial charge on any atom is -0.460 e. The number of ketones is 1. The van der Waals surface area contributed by atoms with Crippen LogP contribution in [0.15, 0.2) is 71.1 Å². The maximum Gasteiger partial charge on any atom is 0.336 e. The van der Waals surface area contributed by atoms with Gasteiger partial charge in [-0.15, -0.1) is 0 Å². The summed E-state index contributed by atoms with van der Waals surface area (Å²) < 4.78 is 25.3. The second kappa shape index (κ2) is 9.89. The molecule has 2 aliphatic rings. The van der Waals surface area contributed by atoms with Crippen molar-refractivity contribution in [2.75, 3.05) is 20.3 Å². The summed E-state index contributed by atoms with van der Waals surface area (Å²) in [5.74, 6) is -2.06. The van der Waals surface area contributed by atoms with Crippen LogP contribution in [0.1, 0.15) is 42.7 Å². The molecule has 2 aromatic rings. The molecule has 0 aromatic heterocycles. The van der Waals surface area contributed by atoms with E-state index in [0.717, 1.165) is 5.56 Å². The van der Waals surface area contributed by atoms with Crippen LogP contribution in [0.3, 0.4) is 0 Å². The molecule has 172 valence electrons. The van der Waals surface area contributed by atoms with Crippen LogP contribution in [0.5, 0.6) is 0 Å². The minimum atomic E-state index is -0.837. The number of hydrogen-bond acceptors (Lipinski definition) is 5. The van der Waals surface area contributed by atoms with Crippen LogP contribution in [-0.2, 0) is 19.1 Å². The quantitative estimate of drug-likeness (QED) is 0.475. The Morgan fingerprint density at radius 1 is 1.12 bits per heavy atom. The molecule has 1 aliphatic carbocycles. The van der Waals surface area contributed by atoms with E-state index in [1.165, 1.54) is 13.2 Å². The summed E-state index contributed by atoms with van der Waals surface area (Å²) in [6.45, 7) is 2.06. The Hall–Kier alpha value is -2.96. The number of carbonyl (C=O) groups is 2. The zero-order chi connectivity index (χ0) is 23.5. The van der Waals surface area contributed by atoms with E-state index in [2.05, 4.69) is 5.32 Å². The van der Waals surface area contributed by atoms with Crippen molar-refractivity contribution in [3.63, 3.8) is 0 Å². The van der Waals surface area contributed by atoms with E-state index >= 15 is 0 Å². The van der Waals surface area contributed by atoms with Crippen molar-refractivity contribution in [3.05, 3.63) is 93.0 Å². The molecule has 0 bridgehead atoms. The van der Waals surface area contributed by atoms with Gasteiger partial charge in [0, 0.05) is 41.1 Å². The van der Waals surface area contributed by atoms with Crippen LogP contribution in [0.25, 0.3) is 0 Å². The Kier molecular flexibility index (Phi) is 6.96. The van der Waals surface area contributed by atoms with Gasteiger partial charge in [0.15, 0.2) is 5.78 Å². The molecule has 2 aromatic carbocycles. The van der Waals surface area contributed by atoms with E-state index < -0.39 is 17.7 Å². The minimum absolute atomic E-state index is 0.0368. The molecule has 1 aliphatic heterocycles. The van der Waals surface area contributed by atoms with Crippen molar-refractivity contribution in [1.29, 1.82) is 0 Å². The third kappa shape index (κ3) is 4.72. The molecule has 4 rings (SSSR count). The van der Waals surface area contributed by atoms with Crippen molar-refractivity contribution in [2.45, 2.75) is 31.6 Å². The SMILES string of the molecule is COCCOC(=O)C1=C(C)NC2=C(C(=O)CC(c3ccc(Cl)cc3)C2)C1c1ccccc1F. The number of allylic oxidation sites excluding steroid dienone is 3. The Labute approximate surface area is 197 Å². The molecule has 33 heavy (non-hydrogen) atoms. The number of esters is 1. The summed E-state index contributed by atoms with van der Waals surface area (Å²) in [6.07, 6.45) is 0.829. The lowest BCUT2D eigenvalue weighted by Crippen LogP contribution is -2.36. The standard InChI is InChI=1S/C26H25ClFNO4/c1-15-23(26(31)33-12-11-32-2)24(19-5-3-4-6-20(19)28)25-21(29-15)13-17(14-22(25)30)16-7-9-18(27)10-8-16/h3-10,17,24,29H,11-14H2,1-2H3. The fourth-order valence-electron chi connectivity index (χ4n) is 4.60. The molecule has 0 spiro atoms. The van der Waals surface area contributed by atoms with Crippen molar-refractivity contribution >= 4 is 23.4 Å². The number of hydrogen-bond donors (Lipinski definition) is 1. The largest absolute Gasteiger partial charge is 0.460 e. The first-order chi connectivity index (χ1) is 15.9. The maximum atomic E-state index is 14.9. The van der Waals surface area contributed by atoms with Crippen molar-refractivity contribution in [3.8, 4) is 0 Å². The van der Waals surface area contributed by atoms with E-state index in [0.29, 0.717) is 28.4 Å². The van der Waals surface area contributed by atoms with E-state index in [1.54, 1.807) is 37.3 Å². The van der Waals surface area contributed by atoms with Gasteiger partial charge in [-0.25, -0.2) is 9.18 Å². The number of benzene rings is 2. The van der Waals surface area contributed by atoms with Gasteiger partial charge in [-0.05, 0) is 43.0 Å². The maximum absolute atomic E-state index is 14.9. The molecule has 5 nitrogen and oxygen atoms in total. The van der Waals surface area contributed by atoms with Gasteiger partial charge in [0.25, 0.3) is 0 Å². The summed E-state index contributed by atoms with van der Waals surface area (Å²) in [6, 6.07) is 13.7. The van der Waals surface area contributed by atoms with Gasteiger partial charge in [0.2, 0.25) is 0 Å². The molecule has 0 fully saturated rings. The topological polar surface area (TPSA) is 64.6 Å². The molecule has 2 unspecified atom stereocenters. The van der Waals surface area contributed by atoms with Crippen LogP contribution in [-0.4, -0.2) is 32.1 Å². The highest BCUT2D eigenvalue weighted by Crippen LogP contribution is 2.46. The number of carbonyl (C=O) groups excluding carboxylic acids is 2. The van der Waals surface area contributed by atoms with Crippen LogP contribution in [0, 0.1) is 5.82 Å². The number of rotatable bonds is 6. The van der Waals surface area contributed by atoms with Gasteiger partial charge in [-0.3, -0.25) is 4.79 Å². The first-order valence-electron chi connectivity index (χ1n) is 10.8. The fraction of sp³-hybridized carbons (Fsp3) is 0.308. The Morgan fingerprint density at radius 2 is 1.85 bits per heavy atom.